The first kappa shape index (κ1) is 21.4. The van der Waals surface area contributed by atoms with Crippen molar-refractivity contribution in [2.24, 2.45) is 0 Å². The molecule has 0 aliphatic carbocycles. The topological polar surface area (TPSA) is 21.3 Å². The summed E-state index contributed by atoms with van der Waals surface area (Å²) >= 11 is 0. The number of nitrogens with one attached hydrogen (secondary N) is 1. The van der Waals surface area contributed by atoms with Crippen molar-refractivity contribution in [3.63, 3.8) is 0 Å². The highest BCUT2D eigenvalue weighted by atomic mass is 19.1. The molecular weight excluding hydrogens is 358 g/mol. The lowest BCUT2D eigenvalue weighted by Gasteiger charge is -2.20. The third kappa shape index (κ3) is 6.33. The summed E-state index contributed by atoms with van der Waals surface area (Å²) in [5.74, 6) is -3.34. The van der Waals surface area contributed by atoms with Crippen LogP contribution in [0.2, 0.25) is 0 Å². The van der Waals surface area contributed by atoms with Gasteiger partial charge in [0.25, 0.3) is 0 Å². The average molecular weight is 383 g/mol. The van der Waals surface area contributed by atoms with E-state index in [1.165, 1.54) is 24.3 Å². The van der Waals surface area contributed by atoms with Gasteiger partial charge in [-0.2, -0.15) is 0 Å². The Kier molecular flexibility index (Phi) is 8.75. The Morgan fingerprint density at radius 2 is 1.48 bits per heavy atom. The number of hydrogen-bond donors (Lipinski definition) is 1. The molecule has 0 saturated heterocycles. The molecule has 1 unspecified atom stereocenters. The molecule has 1 N–H and O–H groups in total. The van der Waals surface area contributed by atoms with Crippen LogP contribution in [0.15, 0.2) is 36.4 Å². The molecular formula is C21H25F4NO. The van der Waals surface area contributed by atoms with Gasteiger partial charge in [-0.25, -0.2) is 17.6 Å². The fraction of sp³-hybridized carbons (Fsp3) is 0.429. The smallest absolute Gasteiger partial charge is 0.131 e. The minimum atomic E-state index is -0.707. The van der Waals surface area contributed by atoms with Crippen molar-refractivity contribution in [2.75, 3.05) is 19.7 Å². The normalized spacial score (nSPS) is 12.3. The summed E-state index contributed by atoms with van der Waals surface area (Å²) < 4.78 is 61.2. The van der Waals surface area contributed by atoms with E-state index in [9.17, 15) is 17.6 Å². The van der Waals surface area contributed by atoms with E-state index in [1.807, 2.05) is 0 Å². The van der Waals surface area contributed by atoms with Gasteiger partial charge >= 0.3 is 0 Å². The van der Waals surface area contributed by atoms with E-state index in [0.717, 1.165) is 37.9 Å². The second-order valence-electron chi connectivity index (χ2n) is 6.46. The zero-order valence-corrected chi connectivity index (χ0v) is 15.4. The molecule has 0 aliphatic heterocycles. The highest BCUT2D eigenvalue weighted by molar-refractivity contribution is 5.24. The number of unbranched alkanes of at least 4 members (excludes halogenated alkanes) is 2. The maximum Gasteiger partial charge on any atom is 0.131 e. The zero-order chi connectivity index (χ0) is 19.6. The van der Waals surface area contributed by atoms with Crippen molar-refractivity contribution in [1.82, 2.24) is 5.32 Å². The minimum absolute atomic E-state index is 0.0631. The predicted molar refractivity (Wildman–Crippen MR) is 97.5 cm³/mol. The molecule has 0 bridgehead atoms. The van der Waals surface area contributed by atoms with Gasteiger partial charge < -0.3 is 10.1 Å². The molecule has 1 atom stereocenters. The van der Waals surface area contributed by atoms with Gasteiger partial charge in [0, 0.05) is 23.6 Å². The summed E-state index contributed by atoms with van der Waals surface area (Å²) in [6.45, 7) is 2.75. The summed E-state index contributed by atoms with van der Waals surface area (Å²) in [5.41, 5.74) is -0.268. The van der Waals surface area contributed by atoms with Gasteiger partial charge in [-0.05, 0) is 37.2 Å². The van der Waals surface area contributed by atoms with Crippen LogP contribution in [0.25, 0.3) is 0 Å². The van der Waals surface area contributed by atoms with Crippen LogP contribution in [0.3, 0.4) is 0 Å². The Bertz CT molecular complexity index is 683. The number of rotatable bonds is 11. The van der Waals surface area contributed by atoms with E-state index in [-0.39, 0.29) is 24.3 Å². The fourth-order valence-electron chi connectivity index (χ4n) is 2.89. The van der Waals surface area contributed by atoms with Gasteiger partial charge in [0.2, 0.25) is 0 Å². The third-order valence-corrected chi connectivity index (χ3v) is 4.38. The molecule has 148 valence electrons. The Morgan fingerprint density at radius 1 is 0.889 bits per heavy atom. The lowest BCUT2D eigenvalue weighted by atomic mass is 9.98. The molecule has 2 nitrogen and oxygen atoms in total. The molecule has 0 heterocycles. The van der Waals surface area contributed by atoms with Gasteiger partial charge in [0.1, 0.15) is 23.3 Å². The van der Waals surface area contributed by atoms with E-state index >= 15 is 0 Å². The van der Waals surface area contributed by atoms with Crippen molar-refractivity contribution in [3.05, 3.63) is 70.8 Å². The van der Waals surface area contributed by atoms with Gasteiger partial charge in [-0.3, -0.25) is 0 Å². The average Bonchev–Trinajstić information content (AvgIpc) is 2.63. The Balaban J connectivity index is 2.03. The van der Waals surface area contributed by atoms with E-state index < -0.39 is 29.2 Å². The molecule has 2 aromatic rings. The van der Waals surface area contributed by atoms with Crippen LogP contribution < -0.4 is 5.32 Å². The highest BCUT2D eigenvalue weighted by Crippen LogP contribution is 2.24. The van der Waals surface area contributed by atoms with Gasteiger partial charge in [-0.15, -0.1) is 0 Å². The van der Waals surface area contributed by atoms with Crippen LogP contribution >= 0.6 is 0 Å². The van der Waals surface area contributed by atoms with Gasteiger partial charge in [-0.1, -0.05) is 31.9 Å². The molecule has 2 aromatic carbocycles. The summed E-state index contributed by atoms with van der Waals surface area (Å²) in [5, 5.41) is 3.18. The standard InChI is InChI=1S/C21H25F4NO/c1-2-3-4-11-26-12-15(21-19(24)9-6-10-20(21)25)13-27-14-16-17(22)7-5-8-18(16)23/h5-10,15,26H,2-4,11-14H2,1H3. The molecule has 0 spiro atoms. The second-order valence-corrected chi connectivity index (χ2v) is 6.46. The predicted octanol–water partition coefficient (Wildman–Crippen LogP) is 5.32. The van der Waals surface area contributed by atoms with Crippen molar-refractivity contribution in [3.8, 4) is 0 Å². The van der Waals surface area contributed by atoms with Crippen LogP contribution in [-0.4, -0.2) is 19.7 Å². The van der Waals surface area contributed by atoms with Gasteiger partial charge in [0.05, 0.1) is 13.2 Å². The number of ether oxygens (including phenoxy) is 1. The van der Waals surface area contributed by atoms with Crippen molar-refractivity contribution >= 4 is 0 Å². The molecule has 0 radical (unpaired) electrons. The molecule has 0 aliphatic rings. The summed E-state index contributed by atoms with van der Waals surface area (Å²) in [7, 11) is 0. The van der Waals surface area contributed by atoms with E-state index in [0.29, 0.717) is 6.54 Å². The summed E-state index contributed by atoms with van der Waals surface area (Å²) in [4.78, 5) is 0. The lowest BCUT2D eigenvalue weighted by molar-refractivity contribution is 0.100. The molecule has 0 amide bonds. The van der Waals surface area contributed by atoms with Crippen molar-refractivity contribution in [2.45, 2.75) is 38.7 Å². The number of benzene rings is 2. The van der Waals surface area contributed by atoms with Crippen molar-refractivity contribution in [1.29, 1.82) is 0 Å². The molecule has 0 saturated carbocycles. The maximum absolute atomic E-state index is 14.2. The van der Waals surface area contributed by atoms with Crippen LogP contribution in [0.4, 0.5) is 17.6 Å². The highest BCUT2D eigenvalue weighted by Gasteiger charge is 2.21. The molecule has 0 aromatic heterocycles. The maximum atomic E-state index is 14.2. The first-order chi connectivity index (χ1) is 13.0. The van der Waals surface area contributed by atoms with Crippen LogP contribution in [0.5, 0.6) is 0 Å². The van der Waals surface area contributed by atoms with Crippen LogP contribution in [-0.2, 0) is 11.3 Å². The summed E-state index contributed by atoms with van der Waals surface area (Å²) in [6.07, 6.45) is 3.10. The van der Waals surface area contributed by atoms with E-state index in [2.05, 4.69) is 12.2 Å². The van der Waals surface area contributed by atoms with Crippen LogP contribution in [0, 0.1) is 23.3 Å². The largest absolute Gasteiger partial charge is 0.376 e. The quantitative estimate of drug-likeness (QED) is 0.419. The summed E-state index contributed by atoms with van der Waals surface area (Å²) in [6, 6.07) is 7.25. The number of halogens is 4. The molecule has 0 fully saturated rings. The fourth-order valence-corrected chi connectivity index (χ4v) is 2.89. The van der Waals surface area contributed by atoms with E-state index in [1.54, 1.807) is 0 Å². The van der Waals surface area contributed by atoms with Crippen molar-refractivity contribution < 1.29 is 22.3 Å². The van der Waals surface area contributed by atoms with E-state index in [4.69, 9.17) is 4.74 Å². The molecule has 2 rings (SSSR count). The molecule has 27 heavy (non-hydrogen) atoms. The Hall–Kier alpha value is -1.92. The number of hydrogen-bond acceptors (Lipinski definition) is 2. The van der Waals surface area contributed by atoms with Gasteiger partial charge in [0.15, 0.2) is 0 Å². The first-order valence-electron chi connectivity index (χ1n) is 9.19. The SMILES string of the molecule is CCCCCNCC(COCc1c(F)cccc1F)c1c(F)cccc1F. The molecule has 6 heteroatoms. The zero-order valence-electron chi connectivity index (χ0n) is 15.4. The minimum Gasteiger partial charge on any atom is -0.376 e. The Morgan fingerprint density at radius 3 is 2.07 bits per heavy atom. The van der Waals surface area contributed by atoms with Crippen LogP contribution in [0.1, 0.15) is 43.2 Å². The lowest BCUT2D eigenvalue weighted by Crippen LogP contribution is -2.27. The second kappa shape index (κ2) is 11.0. The third-order valence-electron chi connectivity index (χ3n) is 4.38. The Labute approximate surface area is 157 Å². The first-order valence-corrected chi connectivity index (χ1v) is 9.19. The monoisotopic (exact) mass is 383 g/mol.